The van der Waals surface area contributed by atoms with Crippen molar-refractivity contribution in [1.82, 2.24) is 30.0 Å². The zero-order valence-corrected chi connectivity index (χ0v) is 15.3. The number of carbonyl (C=O) groups excluding carboxylic acids is 1. The van der Waals surface area contributed by atoms with Crippen molar-refractivity contribution in [2.24, 2.45) is 0 Å². The number of rotatable bonds is 2. The maximum Gasteiger partial charge on any atom is 0.254 e. The maximum absolute atomic E-state index is 13.1. The molecule has 0 aliphatic carbocycles. The van der Waals surface area contributed by atoms with E-state index in [1.165, 1.54) is 0 Å². The molecule has 0 spiro atoms. The predicted molar refractivity (Wildman–Crippen MR) is 105 cm³/mol. The number of benzene rings is 1. The van der Waals surface area contributed by atoms with Crippen molar-refractivity contribution in [2.75, 3.05) is 6.54 Å². The molecule has 1 aliphatic rings. The lowest BCUT2D eigenvalue weighted by Gasteiger charge is -2.34. The number of hydrogen-bond acceptors (Lipinski definition) is 5. The molecule has 4 heterocycles. The van der Waals surface area contributed by atoms with Crippen LogP contribution in [0.1, 0.15) is 34.6 Å². The summed E-state index contributed by atoms with van der Waals surface area (Å²) in [6.45, 7) is 2.64. The molecule has 4 aromatic rings. The van der Waals surface area contributed by atoms with Crippen molar-refractivity contribution in [1.29, 1.82) is 0 Å². The normalized spacial score (nSPS) is 16.2. The van der Waals surface area contributed by atoms with Gasteiger partial charge in [-0.25, -0.2) is 9.97 Å². The summed E-state index contributed by atoms with van der Waals surface area (Å²) < 4.78 is 0. The topological polar surface area (TPSA) is 87.7 Å². The smallest absolute Gasteiger partial charge is 0.254 e. The summed E-state index contributed by atoms with van der Waals surface area (Å²) in [6, 6.07) is 11.2. The third-order valence-electron chi connectivity index (χ3n) is 5.25. The molecule has 0 bridgehead atoms. The van der Waals surface area contributed by atoms with Gasteiger partial charge in [-0.1, -0.05) is 6.07 Å². The molecule has 3 aromatic heterocycles. The van der Waals surface area contributed by atoms with E-state index in [-0.39, 0.29) is 11.9 Å². The van der Waals surface area contributed by atoms with Crippen molar-refractivity contribution in [3.8, 4) is 11.5 Å². The first-order valence-corrected chi connectivity index (χ1v) is 9.22. The van der Waals surface area contributed by atoms with E-state index in [0.29, 0.717) is 24.4 Å². The second-order valence-electron chi connectivity index (χ2n) is 6.91. The lowest BCUT2D eigenvalue weighted by atomic mass is 9.98. The molecule has 28 heavy (non-hydrogen) atoms. The Kier molecular flexibility index (Phi) is 3.86. The molecule has 1 N–H and O–H groups in total. The van der Waals surface area contributed by atoms with Crippen LogP contribution in [0.4, 0.5) is 0 Å². The van der Waals surface area contributed by atoms with Crippen LogP contribution in [0.15, 0.2) is 55.0 Å². The number of nitrogens with one attached hydrogen (secondary N) is 1. The SMILES string of the molecule is CC1c2cnc(-c3ccccn3)nc2CCN1C(=O)c1ccc2[nH]ncc2c1. The van der Waals surface area contributed by atoms with E-state index in [9.17, 15) is 4.79 Å². The molecule has 1 atom stereocenters. The zero-order valence-electron chi connectivity index (χ0n) is 15.3. The highest BCUT2D eigenvalue weighted by atomic mass is 16.2. The Balaban J connectivity index is 1.44. The number of fused-ring (bicyclic) bond motifs is 2. The summed E-state index contributed by atoms with van der Waals surface area (Å²) in [4.78, 5) is 28.5. The van der Waals surface area contributed by atoms with Gasteiger partial charge in [0.1, 0.15) is 5.69 Å². The highest BCUT2D eigenvalue weighted by molar-refractivity contribution is 5.98. The van der Waals surface area contributed by atoms with Gasteiger partial charge in [-0.15, -0.1) is 0 Å². The van der Waals surface area contributed by atoms with Crippen molar-refractivity contribution < 1.29 is 4.79 Å². The number of pyridine rings is 1. The first-order valence-electron chi connectivity index (χ1n) is 9.22. The van der Waals surface area contributed by atoms with Crippen molar-refractivity contribution >= 4 is 16.8 Å². The molecular weight excluding hydrogens is 352 g/mol. The fraction of sp³-hybridized carbons (Fsp3) is 0.190. The largest absolute Gasteiger partial charge is 0.331 e. The molecule has 138 valence electrons. The van der Waals surface area contributed by atoms with Crippen LogP contribution in [0, 0.1) is 0 Å². The minimum atomic E-state index is -0.0888. The lowest BCUT2D eigenvalue weighted by Crippen LogP contribution is -2.39. The van der Waals surface area contributed by atoms with Crippen LogP contribution in [0.2, 0.25) is 0 Å². The molecule has 5 rings (SSSR count). The van der Waals surface area contributed by atoms with Gasteiger partial charge in [-0.2, -0.15) is 5.10 Å². The first kappa shape index (κ1) is 16.6. The third kappa shape index (κ3) is 2.72. The van der Waals surface area contributed by atoms with Gasteiger partial charge in [-0.05, 0) is 37.3 Å². The second-order valence-corrected chi connectivity index (χ2v) is 6.91. The summed E-state index contributed by atoms with van der Waals surface area (Å²) in [6.07, 6.45) is 5.99. The average Bonchev–Trinajstić information content (AvgIpc) is 3.22. The summed E-state index contributed by atoms with van der Waals surface area (Å²) in [5.74, 6) is 0.631. The second kappa shape index (κ2) is 6.53. The highest BCUT2D eigenvalue weighted by Crippen LogP contribution is 2.30. The Labute approximate surface area is 161 Å². The van der Waals surface area contributed by atoms with Crippen LogP contribution < -0.4 is 0 Å². The maximum atomic E-state index is 13.1. The Bertz CT molecular complexity index is 1170. The summed E-state index contributed by atoms with van der Waals surface area (Å²) in [5, 5.41) is 7.86. The average molecular weight is 370 g/mol. The Hall–Kier alpha value is -3.61. The quantitative estimate of drug-likeness (QED) is 0.585. The Morgan fingerprint density at radius 2 is 2.11 bits per heavy atom. The van der Waals surface area contributed by atoms with Gasteiger partial charge in [0.15, 0.2) is 5.82 Å². The van der Waals surface area contributed by atoms with Crippen LogP contribution in [-0.2, 0) is 6.42 Å². The third-order valence-corrected chi connectivity index (χ3v) is 5.25. The van der Waals surface area contributed by atoms with E-state index >= 15 is 0 Å². The number of carbonyl (C=O) groups is 1. The number of aromatic nitrogens is 5. The first-order chi connectivity index (χ1) is 13.7. The van der Waals surface area contributed by atoms with Crippen molar-refractivity contribution in [2.45, 2.75) is 19.4 Å². The van der Waals surface area contributed by atoms with E-state index < -0.39 is 0 Å². The predicted octanol–water partition coefficient (Wildman–Crippen LogP) is 3.17. The van der Waals surface area contributed by atoms with Gasteiger partial charge >= 0.3 is 0 Å². The van der Waals surface area contributed by atoms with E-state index in [4.69, 9.17) is 4.98 Å². The molecular formula is C21H18N6O. The van der Waals surface area contributed by atoms with E-state index in [1.54, 1.807) is 12.4 Å². The molecule has 1 unspecified atom stereocenters. The van der Waals surface area contributed by atoms with Gasteiger partial charge in [0.2, 0.25) is 0 Å². The Morgan fingerprint density at radius 3 is 2.96 bits per heavy atom. The van der Waals surface area contributed by atoms with Crippen LogP contribution >= 0.6 is 0 Å². The van der Waals surface area contributed by atoms with Gasteiger partial charge in [0, 0.05) is 41.9 Å². The monoisotopic (exact) mass is 370 g/mol. The van der Waals surface area contributed by atoms with Crippen LogP contribution in [0.5, 0.6) is 0 Å². The lowest BCUT2D eigenvalue weighted by molar-refractivity contribution is 0.0676. The number of hydrogen-bond donors (Lipinski definition) is 1. The van der Waals surface area contributed by atoms with Gasteiger partial charge < -0.3 is 4.90 Å². The summed E-state index contributed by atoms with van der Waals surface area (Å²) in [5.41, 5.74) is 4.31. The molecule has 1 amide bonds. The molecule has 0 saturated carbocycles. The van der Waals surface area contributed by atoms with E-state index in [0.717, 1.165) is 27.9 Å². The molecule has 1 aliphatic heterocycles. The highest BCUT2D eigenvalue weighted by Gasteiger charge is 2.30. The standard InChI is InChI=1S/C21H18N6O/c1-13-16-12-23-20(19-4-2-3-8-22-19)25-18(16)7-9-27(13)21(28)14-5-6-17-15(10-14)11-24-26-17/h2-6,8,10-13H,7,9H2,1H3,(H,24,26). The number of nitrogens with zero attached hydrogens (tertiary/aromatic N) is 5. The number of aromatic amines is 1. The minimum Gasteiger partial charge on any atom is -0.331 e. The van der Waals surface area contributed by atoms with Gasteiger partial charge in [0.05, 0.1) is 23.4 Å². The number of amides is 1. The molecule has 7 heteroatoms. The fourth-order valence-corrected chi connectivity index (χ4v) is 3.70. The fourth-order valence-electron chi connectivity index (χ4n) is 3.70. The Morgan fingerprint density at radius 1 is 1.18 bits per heavy atom. The van der Waals surface area contributed by atoms with Crippen molar-refractivity contribution in [3.63, 3.8) is 0 Å². The van der Waals surface area contributed by atoms with E-state index in [1.807, 2.05) is 54.4 Å². The van der Waals surface area contributed by atoms with Crippen LogP contribution in [0.3, 0.4) is 0 Å². The summed E-state index contributed by atoms with van der Waals surface area (Å²) >= 11 is 0. The molecule has 1 aromatic carbocycles. The van der Waals surface area contributed by atoms with Gasteiger partial charge in [0.25, 0.3) is 5.91 Å². The van der Waals surface area contributed by atoms with Crippen LogP contribution in [0.25, 0.3) is 22.4 Å². The van der Waals surface area contributed by atoms with Gasteiger partial charge in [-0.3, -0.25) is 14.9 Å². The molecule has 0 fully saturated rings. The van der Waals surface area contributed by atoms with Crippen LogP contribution in [-0.4, -0.2) is 42.5 Å². The van der Waals surface area contributed by atoms with Crippen molar-refractivity contribution in [3.05, 3.63) is 71.8 Å². The molecule has 0 saturated heterocycles. The molecule has 7 nitrogen and oxygen atoms in total. The zero-order chi connectivity index (χ0) is 19.1. The molecule has 0 radical (unpaired) electrons. The summed E-state index contributed by atoms with van der Waals surface area (Å²) in [7, 11) is 0. The number of H-pyrrole nitrogens is 1. The van der Waals surface area contributed by atoms with E-state index in [2.05, 4.69) is 20.2 Å². The minimum absolute atomic E-state index is 0.00931.